The Morgan fingerprint density at radius 1 is 1.17 bits per heavy atom. The lowest BCUT2D eigenvalue weighted by molar-refractivity contribution is 0.102. The first kappa shape index (κ1) is 20.3. The Labute approximate surface area is 179 Å². The lowest BCUT2D eigenvalue weighted by atomic mass is 10.1. The highest BCUT2D eigenvalue weighted by molar-refractivity contribution is 7.89. The number of amides is 1. The van der Waals surface area contributed by atoms with Gasteiger partial charge in [-0.05, 0) is 59.3 Å². The van der Waals surface area contributed by atoms with Gasteiger partial charge in [0.25, 0.3) is 5.91 Å². The van der Waals surface area contributed by atoms with Crippen LogP contribution < -0.4 is 5.32 Å². The van der Waals surface area contributed by atoms with Gasteiger partial charge in [0, 0.05) is 29.2 Å². The molecule has 1 aliphatic heterocycles. The van der Waals surface area contributed by atoms with E-state index in [1.165, 1.54) is 21.3 Å². The maximum Gasteiger partial charge on any atom is 0.255 e. The first-order chi connectivity index (χ1) is 14.5. The Kier molecular flexibility index (Phi) is 5.68. The molecule has 0 radical (unpaired) electrons. The van der Waals surface area contributed by atoms with Gasteiger partial charge < -0.3 is 5.32 Å². The second kappa shape index (κ2) is 8.40. The number of carbonyl (C=O) groups is 1. The Hall–Kier alpha value is -2.99. The maximum atomic E-state index is 13.1. The van der Waals surface area contributed by atoms with Crippen molar-refractivity contribution in [3.8, 4) is 6.07 Å². The maximum absolute atomic E-state index is 13.1. The van der Waals surface area contributed by atoms with E-state index in [1.54, 1.807) is 47.7 Å². The normalized spacial score (nSPS) is 14.0. The summed E-state index contributed by atoms with van der Waals surface area (Å²) >= 11 is 1.65. The summed E-state index contributed by atoms with van der Waals surface area (Å²) in [7, 11) is -3.70. The van der Waals surface area contributed by atoms with Gasteiger partial charge in [0.05, 0.1) is 17.4 Å². The Morgan fingerprint density at radius 3 is 2.73 bits per heavy atom. The number of thiophene rings is 1. The predicted octanol–water partition coefficient (Wildman–Crippen LogP) is 3.81. The highest BCUT2D eigenvalue weighted by atomic mass is 32.2. The van der Waals surface area contributed by atoms with Gasteiger partial charge in [0.1, 0.15) is 0 Å². The van der Waals surface area contributed by atoms with Crippen molar-refractivity contribution in [2.75, 3.05) is 11.9 Å². The summed E-state index contributed by atoms with van der Waals surface area (Å²) in [4.78, 5) is 14.0. The van der Waals surface area contributed by atoms with Crippen LogP contribution in [-0.2, 0) is 29.4 Å². The van der Waals surface area contributed by atoms with Crippen molar-refractivity contribution in [2.45, 2.75) is 24.3 Å². The number of hydrogen-bond acceptors (Lipinski definition) is 5. The van der Waals surface area contributed by atoms with E-state index in [0.717, 1.165) is 11.1 Å². The third-order valence-corrected chi connectivity index (χ3v) is 7.87. The fraction of sp³-hybridized carbons (Fsp3) is 0.182. The molecule has 2 heterocycles. The first-order valence-corrected chi connectivity index (χ1v) is 11.7. The molecule has 8 heteroatoms. The zero-order chi connectivity index (χ0) is 21.1. The molecule has 0 atom stereocenters. The molecule has 30 heavy (non-hydrogen) atoms. The molecule has 1 aliphatic rings. The third-order valence-electron chi connectivity index (χ3n) is 5.00. The van der Waals surface area contributed by atoms with Crippen LogP contribution >= 0.6 is 11.3 Å². The van der Waals surface area contributed by atoms with Crippen LogP contribution in [0.4, 0.5) is 5.69 Å². The highest BCUT2D eigenvalue weighted by Gasteiger charge is 2.29. The Balaban J connectivity index is 1.52. The van der Waals surface area contributed by atoms with Crippen molar-refractivity contribution in [3.05, 3.63) is 81.5 Å². The van der Waals surface area contributed by atoms with Gasteiger partial charge >= 0.3 is 0 Å². The minimum Gasteiger partial charge on any atom is -0.322 e. The van der Waals surface area contributed by atoms with E-state index in [4.69, 9.17) is 5.26 Å². The van der Waals surface area contributed by atoms with E-state index in [1.807, 2.05) is 11.4 Å². The van der Waals surface area contributed by atoms with Crippen LogP contribution in [0.15, 0.2) is 64.9 Å². The monoisotopic (exact) mass is 437 g/mol. The molecule has 0 unspecified atom stereocenters. The smallest absolute Gasteiger partial charge is 0.255 e. The molecular formula is C22H19N3O3S2. The molecule has 0 spiro atoms. The van der Waals surface area contributed by atoms with E-state index >= 15 is 0 Å². The number of sulfonamides is 1. The molecule has 1 amide bonds. The molecule has 1 aromatic heterocycles. The van der Waals surface area contributed by atoms with Crippen molar-refractivity contribution in [3.63, 3.8) is 0 Å². The van der Waals surface area contributed by atoms with Crippen LogP contribution in [0.1, 0.15) is 26.4 Å². The third kappa shape index (κ3) is 4.14. The predicted molar refractivity (Wildman–Crippen MR) is 116 cm³/mol. The minimum absolute atomic E-state index is 0.109. The van der Waals surface area contributed by atoms with Gasteiger partial charge in [-0.2, -0.15) is 9.57 Å². The first-order valence-electron chi connectivity index (χ1n) is 9.40. The molecule has 152 valence electrons. The Bertz CT molecular complexity index is 1230. The van der Waals surface area contributed by atoms with E-state index in [9.17, 15) is 13.2 Å². The van der Waals surface area contributed by atoms with Gasteiger partial charge in [-0.1, -0.05) is 18.2 Å². The van der Waals surface area contributed by atoms with E-state index in [2.05, 4.69) is 11.4 Å². The molecule has 0 bridgehead atoms. The molecular weight excluding hydrogens is 418 g/mol. The summed E-state index contributed by atoms with van der Waals surface area (Å²) < 4.78 is 27.7. The molecule has 1 N–H and O–H groups in total. The summed E-state index contributed by atoms with van der Waals surface area (Å²) in [5.41, 5.74) is 2.75. The lowest BCUT2D eigenvalue weighted by Gasteiger charge is -2.26. The average Bonchev–Trinajstić information content (AvgIpc) is 3.23. The van der Waals surface area contributed by atoms with Crippen LogP contribution in [0.25, 0.3) is 0 Å². The highest BCUT2D eigenvalue weighted by Crippen LogP contribution is 2.28. The van der Waals surface area contributed by atoms with Crippen molar-refractivity contribution < 1.29 is 13.2 Å². The van der Waals surface area contributed by atoms with Gasteiger partial charge in [-0.15, -0.1) is 11.3 Å². The van der Waals surface area contributed by atoms with Crippen LogP contribution in [0.2, 0.25) is 0 Å². The van der Waals surface area contributed by atoms with Gasteiger partial charge in [0.2, 0.25) is 10.0 Å². The molecule has 6 nitrogen and oxygen atoms in total. The average molecular weight is 438 g/mol. The zero-order valence-electron chi connectivity index (χ0n) is 16.0. The number of hydrogen-bond donors (Lipinski definition) is 1. The number of nitrogens with one attached hydrogen (secondary N) is 1. The molecule has 0 saturated heterocycles. The summed E-state index contributed by atoms with van der Waals surface area (Å²) in [6.07, 6.45) is 1.01. The second-order valence-electron chi connectivity index (χ2n) is 6.97. The number of carbonyl (C=O) groups excluding carboxylic acids is 1. The Morgan fingerprint density at radius 2 is 1.97 bits per heavy atom. The lowest BCUT2D eigenvalue weighted by Crippen LogP contribution is -2.35. The number of nitrogens with zero attached hydrogens (tertiary/aromatic N) is 2. The van der Waals surface area contributed by atoms with Crippen molar-refractivity contribution in [1.29, 1.82) is 5.26 Å². The van der Waals surface area contributed by atoms with Gasteiger partial charge in [-0.3, -0.25) is 4.79 Å². The number of anilines is 1. The fourth-order valence-electron chi connectivity index (χ4n) is 3.38. The van der Waals surface area contributed by atoms with Crippen molar-refractivity contribution >= 4 is 33.0 Å². The standard InChI is InChI=1S/C22H19N3O3S2/c23-11-8-16-4-6-19(7-5-16)24-22(26)17-2-1-3-20(14-17)30(27,28)25-12-9-21-18(15-25)10-13-29-21/h1-7,10,13-14H,8-9,12,15H2,(H,24,26). The minimum atomic E-state index is -3.70. The largest absolute Gasteiger partial charge is 0.322 e. The molecule has 3 aromatic rings. The van der Waals surface area contributed by atoms with Crippen LogP contribution in [0, 0.1) is 11.3 Å². The topological polar surface area (TPSA) is 90.3 Å². The van der Waals surface area contributed by atoms with E-state index < -0.39 is 10.0 Å². The summed E-state index contributed by atoms with van der Waals surface area (Å²) in [6, 6.07) is 17.1. The zero-order valence-corrected chi connectivity index (χ0v) is 17.7. The summed E-state index contributed by atoms with van der Waals surface area (Å²) in [5.74, 6) is -0.390. The van der Waals surface area contributed by atoms with Crippen molar-refractivity contribution in [2.24, 2.45) is 0 Å². The molecule has 2 aromatic carbocycles. The SMILES string of the molecule is N#CCc1ccc(NC(=O)c2cccc(S(=O)(=O)N3CCc4sccc4C3)c2)cc1. The number of rotatable bonds is 5. The van der Waals surface area contributed by atoms with Crippen LogP contribution in [-0.4, -0.2) is 25.2 Å². The van der Waals surface area contributed by atoms with Crippen LogP contribution in [0.5, 0.6) is 0 Å². The molecule has 0 saturated carbocycles. The van der Waals surface area contributed by atoms with Gasteiger partial charge in [0.15, 0.2) is 0 Å². The molecule has 0 aliphatic carbocycles. The van der Waals surface area contributed by atoms with E-state index in [0.29, 0.717) is 31.6 Å². The summed E-state index contributed by atoms with van der Waals surface area (Å²) in [5, 5.41) is 13.5. The number of nitriles is 1. The molecule has 4 rings (SSSR count). The van der Waals surface area contributed by atoms with Crippen molar-refractivity contribution in [1.82, 2.24) is 4.31 Å². The quantitative estimate of drug-likeness (QED) is 0.657. The van der Waals surface area contributed by atoms with Gasteiger partial charge in [-0.25, -0.2) is 8.42 Å². The number of benzene rings is 2. The van der Waals surface area contributed by atoms with Crippen LogP contribution in [0.3, 0.4) is 0 Å². The fourth-order valence-corrected chi connectivity index (χ4v) is 5.73. The molecule has 0 fully saturated rings. The number of fused-ring (bicyclic) bond motifs is 1. The second-order valence-corrected chi connectivity index (χ2v) is 9.91. The summed E-state index contributed by atoms with van der Waals surface area (Å²) in [6.45, 7) is 0.786. The van der Waals surface area contributed by atoms with E-state index in [-0.39, 0.29) is 16.4 Å².